The lowest BCUT2D eigenvalue weighted by atomic mass is 9.96. The van der Waals surface area contributed by atoms with E-state index in [0.29, 0.717) is 5.11 Å². The van der Waals surface area contributed by atoms with Gasteiger partial charge in [-0.25, -0.2) is 0 Å². The third kappa shape index (κ3) is 4.78. The molecule has 5 rings (SSSR count). The van der Waals surface area contributed by atoms with Crippen molar-refractivity contribution in [1.29, 1.82) is 0 Å². The van der Waals surface area contributed by atoms with E-state index in [-0.39, 0.29) is 12.1 Å². The van der Waals surface area contributed by atoms with E-state index in [1.165, 1.54) is 22.6 Å². The van der Waals surface area contributed by atoms with Crippen molar-refractivity contribution in [2.45, 2.75) is 39.8 Å². The molecule has 1 N–H and O–H groups in total. The third-order valence-electron chi connectivity index (χ3n) is 7.23. The number of pyridine rings is 1. The largest absolute Gasteiger partial charge is 0.372 e. The van der Waals surface area contributed by atoms with Crippen LogP contribution < -0.4 is 15.1 Å². The van der Waals surface area contributed by atoms with Crippen molar-refractivity contribution in [3.63, 3.8) is 0 Å². The average Bonchev–Trinajstić information content (AvgIpc) is 3.41. The van der Waals surface area contributed by atoms with Gasteiger partial charge in [-0.05, 0) is 112 Å². The van der Waals surface area contributed by atoms with Crippen LogP contribution in [0.25, 0.3) is 5.69 Å². The van der Waals surface area contributed by atoms with Gasteiger partial charge in [0.2, 0.25) is 0 Å². The second-order valence-corrected chi connectivity index (χ2v) is 10.6. The summed E-state index contributed by atoms with van der Waals surface area (Å²) in [6.45, 7) is 10.8. The summed E-state index contributed by atoms with van der Waals surface area (Å²) in [5.74, 6) is 0. The van der Waals surface area contributed by atoms with E-state index >= 15 is 0 Å². The Hall–Kier alpha value is -3.16. The highest BCUT2D eigenvalue weighted by molar-refractivity contribution is 9.10. The Morgan fingerprint density at radius 1 is 0.946 bits per heavy atom. The maximum absolute atomic E-state index is 5.91. The highest BCUT2D eigenvalue weighted by Crippen LogP contribution is 2.44. The van der Waals surface area contributed by atoms with Crippen molar-refractivity contribution >= 4 is 44.6 Å². The van der Waals surface area contributed by atoms with Crippen molar-refractivity contribution in [2.24, 2.45) is 0 Å². The van der Waals surface area contributed by atoms with Gasteiger partial charge in [-0.2, -0.15) is 0 Å². The van der Waals surface area contributed by atoms with E-state index in [9.17, 15) is 0 Å². The second kappa shape index (κ2) is 10.7. The van der Waals surface area contributed by atoms with Crippen molar-refractivity contribution < 1.29 is 0 Å². The van der Waals surface area contributed by atoms with Gasteiger partial charge in [0, 0.05) is 52.2 Å². The molecule has 37 heavy (non-hydrogen) atoms. The number of aromatic nitrogens is 2. The van der Waals surface area contributed by atoms with E-state index in [2.05, 4.69) is 124 Å². The molecule has 0 bridgehead atoms. The quantitative estimate of drug-likeness (QED) is 0.235. The highest BCUT2D eigenvalue weighted by atomic mass is 79.9. The molecule has 2 atom stereocenters. The summed E-state index contributed by atoms with van der Waals surface area (Å²) >= 11 is 9.48. The van der Waals surface area contributed by atoms with Crippen LogP contribution in [0.2, 0.25) is 0 Å². The lowest BCUT2D eigenvalue weighted by Gasteiger charge is -2.28. The van der Waals surface area contributed by atoms with E-state index in [1.807, 2.05) is 18.3 Å². The van der Waals surface area contributed by atoms with Gasteiger partial charge < -0.3 is 19.7 Å². The molecular formula is C30H32BrN5S. The third-order valence-corrected chi connectivity index (χ3v) is 8.07. The SMILES string of the molecule is CCN(CC)c1ccc(-n2c(C)cc([C@@H]3[C@H](c4ccccn4)NC(=S)N3c3ccc(Br)cc3)c2C)cc1. The molecule has 2 aromatic carbocycles. The van der Waals surface area contributed by atoms with Crippen LogP contribution in [-0.2, 0) is 0 Å². The Bertz CT molecular complexity index is 1380. The molecule has 0 amide bonds. The lowest BCUT2D eigenvalue weighted by Crippen LogP contribution is -2.29. The van der Waals surface area contributed by atoms with Crippen LogP contribution in [0.1, 0.15) is 48.6 Å². The summed E-state index contributed by atoms with van der Waals surface area (Å²) in [4.78, 5) is 9.30. The number of thiocarbonyl (C=S) groups is 1. The maximum atomic E-state index is 5.91. The van der Waals surface area contributed by atoms with Crippen molar-refractivity contribution in [3.05, 3.63) is 106 Å². The Morgan fingerprint density at radius 3 is 2.24 bits per heavy atom. The Labute approximate surface area is 233 Å². The molecule has 3 heterocycles. The molecule has 1 fully saturated rings. The number of rotatable bonds is 7. The normalized spacial score (nSPS) is 17.2. The van der Waals surface area contributed by atoms with Crippen LogP contribution in [0, 0.1) is 13.8 Å². The zero-order valence-corrected chi connectivity index (χ0v) is 24.1. The first-order chi connectivity index (χ1) is 17.9. The summed E-state index contributed by atoms with van der Waals surface area (Å²) in [6, 6.07) is 25.5. The summed E-state index contributed by atoms with van der Waals surface area (Å²) in [7, 11) is 0. The number of nitrogens with one attached hydrogen (secondary N) is 1. The molecule has 0 unspecified atom stereocenters. The lowest BCUT2D eigenvalue weighted by molar-refractivity contribution is 0.565. The number of nitrogens with zero attached hydrogens (tertiary/aromatic N) is 4. The first-order valence-electron chi connectivity index (χ1n) is 12.7. The minimum absolute atomic E-state index is 0.0431. The molecule has 0 spiro atoms. The predicted octanol–water partition coefficient (Wildman–Crippen LogP) is 7.27. The predicted molar refractivity (Wildman–Crippen MR) is 161 cm³/mol. The average molecular weight is 575 g/mol. The molecule has 1 saturated heterocycles. The molecule has 0 saturated carbocycles. The van der Waals surface area contributed by atoms with Gasteiger partial charge in [0.25, 0.3) is 0 Å². The number of halogens is 1. The van der Waals surface area contributed by atoms with Gasteiger partial charge in [-0.15, -0.1) is 0 Å². The van der Waals surface area contributed by atoms with Crippen LogP contribution in [0.15, 0.2) is 83.5 Å². The number of hydrogen-bond donors (Lipinski definition) is 1. The first kappa shape index (κ1) is 25.5. The first-order valence-corrected chi connectivity index (χ1v) is 13.9. The summed E-state index contributed by atoms with van der Waals surface area (Å²) in [6.07, 6.45) is 1.85. The van der Waals surface area contributed by atoms with Gasteiger partial charge >= 0.3 is 0 Å². The molecule has 1 aliphatic heterocycles. The van der Waals surface area contributed by atoms with Crippen LogP contribution in [-0.4, -0.2) is 27.8 Å². The zero-order valence-electron chi connectivity index (χ0n) is 21.6. The summed E-state index contributed by atoms with van der Waals surface area (Å²) < 4.78 is 3.39. The standard InChI is InChI=1S/C30H32BrN5S/c1-5-34(6-2)23-14-16-24(17-15-23)35-20(3)19-26(21(35)4)29-28(27-9-7-8-18-32-27)33-30(37)36(29)25-12-10-22(31)11-13-25/h7-19,28-29H,5-6H2,1-4H3,(H,33,37)/t28-,29+/m0/s1. The minimum atomic E-state index is -0.0728. The van der Waals surface area contributed by atoms with Crippen molar-refractivity contribution in [1.82, 2.24) is 14.9 Å². The van der Waals surface area contributed by atoms with E-state index < -0.39 is 0 Å². The summed E-state index contributed by atoms with van der Waals surface area (Å²) in [5, 5.41) is 4.28. The van der Waals surface area contributed by atoms with Crippen molar-refractivity contribution in [2.75, 3.05) is 22.9 Å². The Balaban J connectivity index is 1.61. The maximum Gasteiger partial charge on any atom is 0.174 e. The Kier molecular flexibility index (Phi) is 7.36. The molecule has 0 radical (unpaired) electrons. The number of hydrogen-bond acceptors (Lipinski definition) is 3. The fourth-order valence-corrected chi connectivity index (χ4v) is 6.05. The number of benzene rings is 2. The van der Waals surface area contributed by atoms with Gasteiger partial charge in [0.15, 0.2) is 5.11 Å². The van der Waals surface area contributed by atoms with Gasteiger partial charge in [0.1, 0.15) is 0 Å². The molecule has 5 nitrogen and oxygen atoms in total. The fourth-order valence-electron chi connectivity index (χ4n) is 5.44. The Morgan fingerprint density at radius 2 is 1.62 bits per heavy atom. The molecule has 7 heteroatoms. The van der Waals surface area contributed by atoms with E-state index in [1.54, 1.807) is 0 Å². The molecule has 4 aromatic rings. The molecule has 2 aromatic heterocycles. The molecular weight excluding hydrogens is 542 g/mol. The summed E-state index contributed by atoms with van der Waals surface area (Å²) in [5.41, 5.74) is 8.06. The van der Waals surface area contributed by atoms with Crippen LogP contribution in [0.5, 0.6) is 0 Å². The molecule has 190 valence electrons. The van der Waals surface area contributed by atoms with Crippen molar-refractivity contribution in [3.8, 4) is 5.69 Å². The number of anilines is 2. The molecule has 0 aliphatic carbocycles. The fraction of sp³-hybridized carbons (Fsp3) is 0.267. The van der Waals surface area contributed by atoms with Gasteiger partial charge in [-0.1, -0.05) is 22.0 Å². The van der Waals surface area contributed by atoms with Crippen LogP contribution in [0.3, 0.4) is 0 Å². The monoisotopic (exact) mass is 573 g/mol. The van der Waals surface area contributed by atoms with Crippen LogP contribution >= 0.6 is 28.1 Å². The topological polar surface area (TPSA) is 36.3 Å². The molecule has 1 aliphatic rings. The zero-order chi connectivity index (χ0) is 26.1. The smallest absolute Gasteiger partial charge is 0.174 e. The minimum Gasteiger partial charge on any atom is -0.372 e. The second-order valence-electron chi connectivity index (χ2n) is 9.32. The van der Waals surface area contributed by atoms with E-state index in [4.69, 9.17) is 17.2 Å². The van der Waals surface area contributed by atoms with Gasteiger partial charge in [-0.3, -0.25) is 4.98 Å². The van der Waals surface area contributed by atoms with Gasteiger partial charge in [0.05, 0.1) is 17.8 Å². The number of aryl methyl sites for hydroxylation is 1. The highest BCUT2D eigenvalue weighted by Gasteiger charge is 2.42. The van der Waals surface area contributed by atoms with E-state index in [0.717, 1.165) is 34.6 Å². The van der Waals surface area contributed by atoms with Crippen LogP contribution in [0.4, 0.5) is 11.4 Å².